The molecular weight excluding hydrogens is 144 g/mol. The van der Waals surface area contributed by atoms with Crippen molar-refractivity contribution in [3.05, 3.63) is 12.2 Å². The highest BCUT2D eigenvalue weighted by Crippen LogP contribution is 2.66. The van der Waals surface area contributed by atoms with Crippen LogP contribution in [0.5, 0.6) is 0 Å². The third-order valence-corrected chi connectivity index (χ3v) is 3.14. The van der Waals surface area contributed by atoms with Crippen LogP contribution >= 0.6 is 0 Å². The minimum absolute atomic E-state index is 0.107. The Bertz CT molecular complexity index is 271. The average Bonchev–Trinajstić information content (AvgIpc) is 2.50. The van der Waals surface area contributed by atoms with Crippen LogP contribution in [0.4, 0.5) is 0 Å². The van der Waals surface area contributed by atoms with Crippen molar-refractivity contribution in [3.8, 4) is 0 Å². The third-order valence-electron chi connectivity index (χ3n) is 3.14. The maximum atomic E-state index is 10.8. The lowest BCUT2D eigenvalue weighted by Crippen LogP contribution is -2.27. The highest BCUT2D eigenvalue weighted by atomic mass is 16.5. The molecule has 58 valence electrons. The molecule has 1 aliphatic carbocycles. The van der Waals surface area contributed by atoms with Crippen LogP contribution in [0, 0.1) is 11.3 Å². The van der Waals surface area contributed by atoms with E-state index >= 15 is 0 Å². The topological polar surface area (TPSA) is 46.5 Å². The Hall–Kier alpha value is -0.830. The maximum absolute atomic E-state index is 10.8. The molecule has 4 unspecified atom stereocenters. The molecule has 11 heavy (non-hydrogen) atoms. The second kappa shape index (κ2) is 1.37. The van der Waals surface area contributed by atoms with Crippen molar-refractivity contribution in [1.29, 1.82) is 0 Å². The molecule has 4 atom stereocenters. The van der Waals surface area contributed by atoms with E-state index in [-0.39, 0.29) is 18.1 Å². The molecular formula is C8H8O3. The molecule has 1 saturated heterocycles. The van der Waals surface area contributed by atoms with Gasteiger partial charge in [-0.05, 0) is 6.42 Å². The molecule has 0 aromatic carbocycles. The SMILES string of the molecule is O=C(O)C12CC1C1C=CC2O1. The van der Waals surface area contributed by atoms with Crippen molar-refractivity contribution in [2.75, 3.05) is 0 Å². The number of hydrogen-bond acceptors (Lipinski definition) is 2. The fourth-order valence-corrected chi connectivity index (χ4v) is 2.40. The summed E-state index contributed by atoms with van der Waals surface area (Å²) in [5, 5.41) is 8.92. The van der Waals surface area contributed by atoms with Gasteiger partial charge in [0.05, 0.1) is 12.2 Å². The molecule has 2 heterocycles. The van der Waals surface area contributed by atoms with E-state index in [0.29, 0.717) is 0 Å². The Morgan fingerprint density at radius 3 is 2.91 bits per heavy atom. The van der Waals surface area contributed by atoms with Gasteiger partial charge in [0.25, 0.3) is 0 Å². The van der Waals surface area contributed by atoms with Gasteiger partial charge in [0, 0.05) is 5.92 Å². The zero-order valence-electron chi connectivity index (χ0n) is 5.86. The molecule has 0 spiro atoms. The van der Waals surface area contributed by atoms with Crippen LogP contribution in [0.25, 0.3) is 0 Å². The summed E-state index contributed by atoms with van der Waals surface area (Å²) in [6, 6.07) is 0. The quantitative estimate of drug-likeness (QED) is 0.554. The molecule has 3 aliphatic rings. The van der Waals surface area contributed by atoms with Crippen LogP contribution in [-0.4, -0.2) is 23.3 Å². The summed E-state index contributed by atoms with van der Waals surface area (Å²) in [6.45, 7) is 0. The molecule has 2 aliphatic heterocycles. The number of carbonyl (C=O) groups is 1. The predicted molar refractivity (Wildman–Crippen MR) is 36.0 cm³/mol. The second-order valence-corrected chi connectivity index (χ2v) is 3.56. The van der Waals surface area contributed by atoms with E-state index in [1.807, 2.05) is 12.2 Å². The van der Waals surface area contributed by atoms with E-state index in [2.05, 4.69) is 0 Å². The Kier molecular flexibility index (Phi) is 0.717. The summed E-state index contributed by atoms with van der Waals surface area (Å²) in [5.41, 5.74) is -0.514. The zero-order chi connectivity index (χ0) is 7.64. The second-order valence-electron chi connectivity index (χ2n) is 3.56. The van der Waals surface area contributed by atoms with Gasteiger partial charge in [-0.1, -0.05) is 12.2 Å². The van der Waals surface area contributed by atoms with Crippen LogP contribution in [0.2, 0.25) is 0 Å². The van der Waals surface area contributed by atoms with Gasteiger partial charge in [0.15, 0.2) is 0 Å². The fourth-order valence-electron chi connectivity index (χ4n) is 2.40. The van der Waals surface area contributed by atoms with Crippen LogP contribution in [0.15, 0.2) is 12.2 Å². The first-order valence-corrected chi connectivity index (χ1v) is 3.82. The molecule has 3 heteroatoms. The van der Waals surface area contributed by atoms with Gasteiger partial charge in [-0.15, -0.1) is 0 Å². The highest BCUT2D eigenvalue weighted by Gasteiger charge is 2.74. The zero-order valence-corrected chi connectivity index (χ0v) is 5.86. The van der Waals surface area contributed by atoms with E-state index in [0.717, 1.165) is 6.42 Å². The smallest absolute Gasteiger partial charge is 0.313 e. The fraction of sp³-hybridized carbons (Fsp3) is 0.625. The summed E-state index contributed by atoms with van der Waals surface area (Å²) in [7, 11) is 0. The minimum atomic E-state index is -0.681. The van der Waals surface area contributed by atoms with Crippen molar-refractivity contribution in [2.45, 2.75) is 18.6 Å². The van der Waals surface area contributed by atoms with Crippen molar-refractivity contribution in [3.63, 3.8) is 0 Å². The number of carboxylic acid groups (broad SMARTS) is 1. The highest BCUT2D eigenvalue weighted by molar-refractivity contribution is 5.81. The number of ether oxygens (including phenoxy) is 1. The molecule has 0 radical (unpaired) electrons. The van der Waals surface area contributed by atoms with E-state index in [1.54, 1.807) is 0 Å². The Morgan fingerprint density at radius 1 is 1.64 bits per heavy atom. The Balaban J connectivity index is 2.06. The molecule has 2 bridgehead atoms. The first kappa shape index (κ1) is 5.77. The van der Waals surface area contributed by atoms with Gasteiger partial charge in [0.1, 0.15) is 5.41 Å². The molecule has 0 aromatic rings. The van der Waals surface area contributed by atoms with E-state index in [1.165, 1.54) is 0 Å². The maximum Gasteiger partial charge on any atom is 0.313 e. The lowest BCUT2D eigenvalue weighted by atomic mass is 9.93. The predicted octanol–water partition coefficient (Wildman–Crippen LogP) is 0.415. The summed E-state index contributed by atoms with van der Waals surface area (Å²) < 4.78 is 5.41. The number of hydrogen-bond donors (Lipinski definition) is 1. The van der Waals surface area contributed by atoms with Crippen molar-refractivity contribution >= 4 is 5.97 Å². The molecule has 3 rings (SSSR count). The van der Waals surface area contributed by atoms with Crippen LogP contribution in [0.3, 0.4) is 0 Å². The molecule has 0 aromatic heterocycles. The Labute approximate surface area is 63.7 Å². The van der Waals surface area contributed by atoms with Crippen LogP contribution < -0.4 is 0 Å². The summed E-state index contributed by atoms with van der Waals surface area (Å²) in [4.78, 5) is 10.8. The molecule has 0 amide bonds. The number of carboxylic acids is 1. The van der Waals surface area contributed by atoms with Gasteiger partial charge in [-0.25, -0.2) is 0 Å². The lowest BCUT2D eigenvalue weighted by Gasteiger charge is -2.11. The molecule has 3 nitrogen and oxygen atoms in total. The van der Waals surface area contributed by atoms with E-state index < -0.39 is 11.4 Å². The first-order valence-electron chi connectivity index (χ1n) is 3.82. The van der Waals surface area contributed by atoms with Crippen LogP contribution in [0.1, 0.15) is 6.42 Å². The van der Waals surface area contributed by atoms with Crippen molar-refractivity contribution in [2.24, 2.45) is 11.3 Å². The van der Waals surface area contributed by atoms with Crippen LogP contribution in [-0.2, 0) is 9.53 Å². The normalized spacial score (nSPS) is 56.2. The monoisotopic (exact) mass is 152 g/mol. The van der Waals surface area contributed by atoms with Crippen molar-refractivity contribution in [1.82, 2.24) is 0 Å². The van der Waals surface area contributed by atoms with E-state index in [4.69, 9.17) is 9.84 Å². The van der Waals surface area contributed by atoms with Gasteiger partial charge < -0.3 is 9.84 Å². The van der Waals surface area contributed by atoms with E-state index in [9.17, 15) is 4.79 Å². The summed E-state index contributed by atoms with van der Waals surface area (Å²) >= 11 is 0. The van der Waals surface area contributed by atoms with Gasteiger partial charge in [-0.3, -0.25) is 4.79 Å². The van der Waals surface area contributed by atoms with Gasteiger partial charge >= 0.3 is 5.97 Å². The van der Waals surface area contributed by atoms with Crippen molar-refractivity contribution < 1.29 is 14.6 Å². The molecule has 2 fully saturated rings. The average molecular weight is 152 g/mol. The largest absolute Gasteiger partial charge is 0.481 e. The first-order chi connectivity index (χ1) is 5.25. The standard InChI is InChI=1S/C8H8O3/c9-7(10)8-3-4(8)5-1-2-6(8)11-5/h1-2,4-6H,3H2,(H,9,10). The third kappa shape index (κ3) is 0.428. The lowest BCUT2D eigenvalue weighted by molar-refractivity contribution is -0.145. The summed E-state index contributed by atoms with van der Waals surface area (Å²) in [5.74, 6) is -0.408. The summed E-state index contributed by atoms with van der Waals surface area (Å²) in [6.07, 6.45) is 4.67. The number of fused-ring (bicyclic) bond motifs is 5. The number of rotatable bonds is 1. The number of aliphatic carboxylic acids is 1. The molecule has 1 saturated carbocycles. The van der Waals surface area contributed by atoms with Gasteiger partial charge in [-0.2, -0.15) is 0 Å². The Morgan fingerprint density at radius 2 is 2.45 bits per heavy atom. The minimum Gasteiger partial charge on any atom is -0.481 e. The molecule has 1 N–H and O–H groups in total. The van der Waals surface area contributed by atoms with Gasteiger partial charge in [0.2, 0.25) is 0 Å².